The number of carbonyl (C=O) groups is 1. The third-order valence-corrected chi connectivity index (χ3v) is 2.27. The van der Waals surface area contributed by atoms with E-state index in [4.69, 9.17) is 0 Å². The number of rotatable bonds is 2. The van der Waals surface area contributed by atoms with E-state index in [-0.39, 0.29) is 11.7 Å². The minimum absolute atomic E-state index is 0.110. The Morgan fingerprint density at radius 3 is 2.77 bits per heavy atom. The van der Waals surface area contributed by atoms with Gasteiger partial charge in [0.15, 0.2) is 0 Å². The first-order chi connectivity index (χ1) is 6.13. The zero-order valence-corrected chi connectivity index (χ0v) is 8.31. The number of anilines is 1. The van der Waals surface area contributed by atoms with E-state index in [2.05, 4.69) is 5.32 Å². The molecule has 1 aromatic rings. The third kappa shape index (κ3) is 2.66. The second-order valence-electron chi connectivity index (χ2n) is 2.57. The van der Waals surface area contributed by atoms with Crippen LogP contribution in [0.2, 0.25) is 0 Å². The van der Waals surface area contributed by atoms with E-state index >= 15 is 0 Å². The van der Waals surface area contributed by atoms with Crippen LogP contribution < -0.4 is 5.32 Å². The van der Waals surface area contributed by atoms with E-state index < -0.39 is 0 Å². The van der Waals surface area contributed by atoms with Crippen molar-refractivity contribution in [1.82, 2.24) is 0 Å². The fraction of sp³-hybridized carbons (Fsp3) is 0.222. The van der Waals surface area contributed by atoms with Crippen LogP contribution in [0, 0.1) is 0 Å². The maximum absolute atomic E-state index is 10.8. The summed E-state index contributed by atoms with van der Waals surface area (Å²) in [5.74, 6) is 0.0967. The molecule has 0 saturated carbocycles. The summed E-state index contributed by atoms with van der Waals surface area (Å²) in [5, 5.41) is 11.9. The van der Waals surface area contributed by atoms with E-state index in [1.807, 2.05) is 6.26 Å². The van der Waals surface area contributed by atoms with Crippen LogP contribution in [0.25, 0.3) is 0 Å². The quantitative estimate of drug-likeness (QED) is 0.563. The minimum atomic E-state index is -0.110. The number of thioether (sulfide) groups is 1. The largest absolute Gasteiger partial charge is 0.508 e. The standard InChI is InChI=1S/C9H11NO2S/c1-6(11)10-8-4-3-7(12)5-9(8)13-2/h3-5,12H,1-2H3,(H,10,11). The first-order valence-corrected chi connectivity index (χ1v) is 5.00. The number of aromatic hydroxyl groups is 1. The summed E-state index contributed by atoms with van der Waals surface area (Å²) in [6.07, 6.45) is 1.89. The van der Waals surface area contributed by atoms with Gasteiger partial charge < -0.3 is 10.4 Å². The first-order valence-electron chi connectivity index (χ1n) is 3.78. The van der Waals surface area contributed by atoms with E-state index in [1.54, 1.807) is 18.2 Å². The average Bonchev–Trinajstić information content (AvgIpc) is 2.07. The Kier molecular flexibility index (Phi) is 3.19. The molecule has 0 aromatic heterocycles. The molecule has 0 aliphatic heterocycles. The number of phenols is 1. The molecule has 0 heterocycles. The van der Waals surface area contributed by atoms with Crippen molar-refractivity contribution in [1.29, 1.82) is 0 Å². The molecule has 0 saturated heterocycles. The van der Waals surface area contributed by atoms with Crippen LogP contribution in [0.4, 0.5) is 5.69 Å². The molecule has 4 heteroatoms. The molecule has 3 nitrogen and oxygen atoms in total. The predicted molar refractivity (Wildman–Crippen MR) is 54.2 cm³/mol. The van der Waals surface area contributed by atoms with Gasteiger partial charge in [0.25, 0.3) is 0 Å². The first kappa shape index (κ1) is 9.92. The van der Waals surface area contributed by atoms with Crippen molar-refractivity contribution < 1.29 is 9.90 Å². The monoisotopic (exact) mass is 197 g/mol. The highest BCUT2D eigenvalue weighted by Gasteiger charge is 2.03. The van der Waals surface area contributed by atoms with Gasteiger partial charge in [-0.2, -0.15) is 0 Å². The number of nitrogens with one attached hydrogen (secondary N) is 1. The lowest BCUT2D eigenvalue weighted by Crippen LogP contribution is -2.06. The zero-order valence-electron chi connectivity index (χ0n) is 7.50. The van der Waals surface area contributed by atoms with E-state index in [1.165, 1.54) is 18.7 Å². The van der Waals surface area contributed by atoms with Crippen molar-refractivity contribution in [3.8, 4) is 5.75 Å². The Balaban J connectivity index is 2.99. The molecule has 2 N–H and O–H groups in total. The summed E-state index contributed by atoms with van der Waals surface area (Å²) in [6.45, 7) is 1.46. The Morgan fingerprint density at radius 2 is 2.23 bits per heavy atom. The predicted octanol–water partition coefficient (Wildman–Crippen LogP) is 2.07. The molecule has 1 rings (SSSR count). The minimum Gasteiger partial charge on any atom is -0.508 e. The molecule has 13 heavy (non-hydrogen) atoms. The maximum atomic E-state index is 10.8. The van der Waals surface area contributed by atoms with Crippen LogP contribution in [0.3, 0.4) is 0 Å². The SMILES string of the molecule is CSc1cc(O)ccc1NC(C)=O. The number of carbonyl (C=O) groups excluding carboxylic acids is 1. The highest BCUT2D eigenvalue weighted by Crippen LogP contribution is 2.28. The molecule has 0 bridgehead atoms. The van der Waals surface area contributed by atoms with Gasteiger partial charge in [-0.3, -0.25) is 4.79 Å². The maximum Gasteiger partial charge on any atom is 0.221 e. The van der Waals surface area contributed by atoms with Gasteiger partial charge in [-0.25, -0.2) is 0 Å². The molecule has 0 spiro atoms. The van der Waals surface area contributed by atoms with E-state index in [0.29, 0.717) is 0 Å². The highest BCUT2D eigenvalue weighted by molar-refractivity contribution is 7.98. The van der Waals surface area contributed by atoms with Gasteiger partial charge in [-0.1, -0.05) is 0 Å². The topological polar surface area (TPSA) is 49.3 Å². The molecule has 0 aliphatic rings. The molecule has 0 radical (unpaired) electrons. The lowest BCUT2D eigenvalue weighted by Gasteiger charge is -2.07. The number of benzene rings is 1. The summed E-state index contributed by atoms with van der Waals surface area (Å²) in [4.78, 5) is 11.6. The number of amides is 1. The van der Waals surface area contributed by atoms with Gasteiger partial charge >= 0.3 is 0 Å². The summed E-state index contributed by atoms with van der Waals surface area (Å²) >= 11 is 1.48. The van der Waals surface area contributed by atoms with Crippen LogP contribution >= 0.6 is 11.8 Å². The average molecular weight is 197 g/mol. The summed E-state index contributed by atoms with van der Waals surface area (Å²) in [5.41, 5.74) is 0.734. The Labute approximate surface area is 81.2 Å². The Hall–Kier alpha value is -1.16. The van der Waals surface area contributed by atoms with Gasteiger partial charge in [0.05, 0.1) is 5.69 Å². The van der Waals surface area contributed by atoms with Crippen molar-refractivity contribution in [3.05, 3.63) is 18.2 Å². The number of hydrogen-bond donors (Lipinski definition) is 2. The molecule has 0 fully saturated rings. The van der Waals surface area contributed by atoms with Gasteiger partial charge in [-0.05, 0) is 24.5 Å². The summed E-state index contributed by atoms with van der Waals surface area (Å²) in [7, 11) is 0. The zero-order chi connectivity index (χ0) is 9.84. The molecule has 70 valence electrons. The summed E-state index contributed by atoms with van der Waals surface area (Å²) < 4.78 is 0. The van der Waals surface area contributed by atoms with Crippen molar-refractivity contribution in [2.24, 2.45) is 0 Å². The fourth-order valence-electron chi connectivity index (χ4n) is 0.973. The van der Waals surface area contributed by atoms with Gasteiger partial charge in [-0.15, -0.1) is 11.8 Å². The van der Waals surface area contributed by atoms with Crippen molar-refractivity contribution in [3.63, 3.8) is 0 Å². The van der Waals surface area contributed by atoms with Gasteiger partial charge in [0.2, 0.25) is 5.91 Å². The molecule has 1 amide bonds. The molecular formula is C9H11NO2S. The Morgan fingerprint density at radius 1 is 1.54 bits per heavy atom. The Bertz CT molecular complexity index is 325. The highest BCUT2D eigenvalue weighted by atomic mass is 32.2. The second-order valence-corrected chi connectivity index (χ2v) is 3.41. The van der Waals surface area contributed by atoms with Crippen molar-refractivity contribution in [2.75, 3.05) is 11.6 Å². The second kappa shape index (κ2) is 4.18. The number of phenolic OH excluding ortho intramolecular Hbond substituents is 1. The lowest BCUT2D eigenvalue weighted by molar-refractivity contribution is -0.114. The molecule has 1 aromatic carbocycles. The van der Waals surface area contributed by atoms with Crippen LogP contribution in [-0.2, 0) is 4.79 Å². The summed E-state index contributed by atoms with van der Waals surface area (Å²) in [6, 6.07) is 4.85. The normalized spacial score (nSPS) is 9.69. The van der Waals surface area contributed by atoms with Crippen molar-refractivity contribution in [2.45, 2.75) is 11.8 Å². The van der Waals surface area contributed by atoms with Crippen LogP contribution in [0.1, 0.15) is 6.92 Å². The third-order valence-electron chi connectivity index (χ3n) is 1.50. The smallest absolute Gasteiger partial charge is 0.221 e. The number of hydrogen-bond acceptors (Lipinski definition) is 3. The van der Waals surface area contributed by atoms with Crippen LogP contribution in [0.15, 0.2) is 23.1 Å². The van der Waals surface area contributed by atoms with E-state index in [0.717, 1.165) is 10.6 Å². The van der Waals surface area contributed by atoms with Crippen molar-refractivity contribution >= 4 is 23.4 Å². The molecule has 0 atom stereocenters. The van der Waals surface area contributed by atoms with Crippen LogP contribution in [-0.4, -0.2) is 17.3 Å². The van der Waals surface area contributed by atoms with Gasteiger partial charge in [0, 0.05) is 11.8 Å². The van der Waals surface area contributed by atoms with E-state index in [9.17, 15) is 9.90 Å². The van der Waals surface area contributed by atoms with Crippen LogP contribution in [0.5, 0.6) is 5.75 Å². The fourth-order valence-corrected chi connectivity index (χ4v) is 1.55. The van der Waals surface area contributed by atoms with Gasteiger partial charge in [0.1, 0.15) is 5.75 Å². The molecule has 0 aliphatic carbocycles. The molecular weight excluding hydrogens is 186 g/mol. The lowest BCUT2D eigenvalue weighted by atomic mass is 10.3. The molecule has 0 unspecified atom stereocenters.